The molecule has 8 heteroatoms. The van der Waals surface area contributed by atoms with Gasteiger partial charge >= 0.3 is 0 Å². The number of aliphatic hydroxyl groups excluding tert-OH is 1. The predicted octanol–water partition coefficient (Wildman–Crippen LogP) is 3.62. The van der Waals surface area contributed by atoms with Crippen molar-refractivity contribution in [1.29, 1.82) is 0 Å². The lowest BCUT2D eigenvalue weighted by Gasteiger charge is -2.55. The van der Waals surface area contributed by atoms with E-state index in [-0.39, 0.29) is 30.9 Å². The number of aliphatic hydroxyl groups is 1. The molecule has 5 fully saturated rings. The second-order valence-electron chi connectivity index (χ2n) is 11.3. The molecule has 2 bridgehead atoms. The van der Waals surface area contributed by atoms with E-state index in [9.17, 15) is 19.1 Å². The van der Waals surface area contributed by atoms with Crippen LogP contribution >= 0.6 is 11.6 Å². The van der Waals surface area contributed by atoms with Crippen LogP contribution in [0, 0.1) is 17.3 Å². The van der Waals surface area contributed by atoms with E-state index in [4.69, 9.17) is 16.3 Å². The molecule has 0 heterocycles. The second-order valence-corrected chi connectivity index (χ2v) is 11.9. The number of hydrogen-bond acceptors (Lipinski definition) is 4. The lowest BCUT2D eigenvalue weighted by molar-refractivity contribution is -0.157. The van der Waals surface area contributed by atoms with Crippen molar-refractivity contribution < 1.29 is 23.8 Å². The molecule has 0 aromatic rings. The van der Waals surface area contributed by atoms with Gasteiger partial charge in [-0.3, -0.25) is 9.59 Å². The van der Waals surface area contributed by atoms with Gasteiger partial charge in [0.15, 0.2) is 0 Å². The van der Waals surface area contributed by atoms with Gasteiger partial charge in [0.05, 0.1) is 23.0 Å². The van der Waals surface area contributed by atoms with E-state index < -0.39 is 28.6 Å². The molecular formula is C25H40ClFN2O4. The van der Waals surface area contributed by atoms with Crippen LogP contribution in [0.15, 0.2) is 0 Å². The lowest BCUT2D eigenvalue weighted by Crippen LogP contribution is -2.65. The van der Waals surface area contributed by atoms with Gasteiger partial charge < -0.3 is 20.5 Å². The smallest absolute Gasteiger partial charge is 0.246 e. The van der Waals surface area contributed by atoms with Crippen molar-refractivity contribution in [2.45, 2.75) is 113 Å². The molecule has 188 valence electrons. The third kappa shape index (κ3) is 5.67. The highest BCUT2D eigenvalue weighted by Gasteiger charge is 2.58. The van der Waals surface area contributed by atoms with Gasteiger partial charge in [-0.25, -0.2) is 4.39 Å². The zero-order valence-electron chi connectivity index (χ0n) is 19.8. The number of nitrogens with one attached hydrogen (secondary N) is 2. The maximum Gasteiger partial charge on any atom is 0.246 e. The Hall–Kier alpha value is -0.920. The third-order valence-electron chi connectivity index (χ3n) is 8.96. The highest BCUT2D eigenvalue weighted by molar-refractivity contribution is 6.21. The summed E-state index contributed by atoms with van der Waals surface area (Å²) in [6.45, 7) is 2.87. The van der Waals surface area contributed by atoms with Gasteiger partial charge in [-0.15, -0.1) is 11.6 Å². The van der Waals surface area contributed by atoms with Crippen molar-refractivity contribution in [2.24, 2.45) is 17.3 Å². The maximum absolute atomic E-state index is 13.8. The molecule has 0 aromatic carbocycles. The average molecular weight is 487 g/mol. The van der Waals surface area contributed by atoms with Crippen molar-refractivity contribution >= 4 is 23.4 Å². The number of amides is 2. The first-order valence-corrected chi connectivity index (χ1v) is 13.3. The van der Waals surface area contributed by atoms with Gasteiger partial charge in [0, 0.05) is 18.5 Å². The zero-order valence-corrected chi connectivity index (χ0v) is 20.5. The van der Waals surface area contributed by atoms with Gasteiger partial charge in [0.25, 0.3) is 0 Å². The van der Waals surface area contributed by atoms with Crippen LogP contribution in [0.5, 0.6) is 0 Å². The van der Waals surface area contributed by atoms with Crippen LogP contribution < -0.4 is 10.6 Å². The molecule has 0 radical (unpaired) electrons. The Morgan fingerprint density at radius 1 is 1.09 bits per heavy atom. The fourth-order valence-electron chi connectivity index (χ4n) is 6.50. The summed E-state index contributed by atoms with van der Waals surface area (Å²) in [5.41, 5.74) is -1.22. The number of alkyl halides is 2. The minimum atomic E-state index is -1.10. The van der Waals surface area contributed by atoms with Crippen LogP contribution in [0.4, 0.5) is 4.39 Å². The van der Waals surface area contributed by atoms with Crippen LogP contribution in [0.1, 0.15) is 84.0 Å². The molecule has 2 amide bonds. The molecule has 5 rings (SSSR count). The van der Waals surface area contributed by atoms with E-state index >= 15 is 0 Å². The molecule has 0 aromatic heterocycles. The first-order valence-electron chi connectivity index (χ1n) is 12.9. The van der Waals surface area contributed by atoms with Gasteiger partial charge in [-0.05, 0) is 69.6 Å². The third-order valence-corrected chi connectivity index (χ3v) is 9.45. The largest absolute Gasteiger partial charge is 0.392 e. The molecule has 4 atom stereocenters. The zero-order chi connectivity index (χ0) is 23.6. The number of fused-ring (bicyclic) bond motifs is 3. The van der Waals surface area contributed by atoms with Crippen molar-refractivity contribution in [3.8, 4) is 0 Å². The summed E-state index contributed by atoms with van der Waals surface area (Å²) in [4.78, 5) is 25.7. The molecule has 33 heavy (non-hydrogen) atoms. The Bertz CT molecular complexity index is 707. The molecule has 5 aliphatic carbocycles. The summed E-state index contributed by atoms with van der Waals surface area (Å²) in [5.74, 6) is 1.06. The first kappa shape index (κ1) is 25.2. The molecule has 5 aliphatic rings. The van der Waals surface area contributed by atoms with E-state index in [0.717, 1.165) is 18.8 Å². The van der Waals surface area contributed by atoms with E-state index in [0.29, 0.717) is 57.4 Å². The fraction of sp³-hybridized carbons (Fsp3) is 0.920. The van der Waals surface area contributed by atoms with Crippen LogP contribution in [-0.2, 0) is 14.3 Å². The monoisotopic (exact) mass is 486 g/mol. The minimum Gasteiger partial charge on any atom is -0.392 e. The van der Waals surface area contributed by atoms with Crippen molar-refractivity contribution in [1.82, 2.24) is 10.6 Å². The van der Waals surface area contributed by atoms with E-state index in [1.165, 1.54) is 12.8 Å². The van der Waals surface area contributed by atoms with E-state index in [2.05, 4.69) is 17.6 Å². The summed E-state index contributed by atoms with van der Waals surface area (Å²) in [7, 11) is 0. The lowest BCUT2D eigenvalue weighted by atomic mass is 9.55. The number of hydrogen-bond donors (Lipinski definition) is 3. The highest BCUT2D eigenvalue weighted by atomic mass is 35.5. The number of rotatable bonds is 7. The molecule has 5 saturated carbocycles. The van der Waals surface area contributed by atoms with E-state index in [1.807, 2.05) is 0 Å². The Morgan fingerprint density at radius 2 is 1.79 bits per heavy atom. The number of halogens is 2. The average Bonchev–Trinajstić information content (AvgIpc) is 2.80. The van der Waals surface area contributed by atoms with Crippen molar-refractivity contribution in [2.75, 3.05) is 13.2 Å². The minimum absolute atomic E-state index is 0.0211. The molecule has 0 spiro atoms. The van der Waals surface area contributed by atoms with Crippen molar-refractivity contribution in [3.05, 3.63) is 0 Å². The van der Waals surface area contributed by atoms with Gasteiger partial charge in [0.2, 0.25) is 11.8 Å². The highest BCUT2D eigenvalue weighted by Crippen LogP contribution is 2.52. The van der Waals surface area contributed by atoms with E-state index in [1.54, 1.807) is 0 Å². The molecule has 6 nitrogen and oxygen atoms in total. The summed E-state index contributed by atoms with van der Waals surface area (Å²) >= 11 is 5.92. The van der Waals surface area contributed by atoms with Crippen LogP contribution in [0.2, 0.25) is 0 Å². The van der Waals surface area contributed by atoms with Gasteiger partial charge in [-0.1, -0.05) is 19.8 Å². The molecule has 0 saturated heterocycles. The Labute approximate surface area is 201 Å². The summed E-state index contributed by atoms with van der Waals surface area (Å²) < 4.78 is 19.4. The standard InChI is InChI=1S/C25H40ClFN2O4/c1-16-2-4-17(5-3-16)14-28-23(32)25-10-8-24(9-11-25,13-21(25)30)29-22(31)15-33-18-6-7-19(26)20(27)12-18/h16-21,30H,2-15H2,1H3,(H,28,32)(H,29,31). The summed E-state index contributed by atoms with van der Waals surface area (Å²) in [5, 5.41) is 16.7. The van der Waals surface area contributed by atoms with Crippen LogP contribution in [0.25, 0.3) is 0 Å². The van der Waals surface area contributed by atoms with Crippen LogP contribution in [-0.4, -0.2) is 59.4 Å². The van der Waals surface area contributed by atoms with Gasteiger partial charge in [0.1, 0.15) is 12.8 Å². The van der Waals surface area contributed by atoms with Crippen molar-refractivity contribution in [3.63, 3.8) is 0 Å². The SMILES string of the molecule is CC1CCC(CNC(=O)C23CCC(NC(=O)COC4CCC(Cl)C(F)C4)(CC2)CC3O)CC1. The molecule has 3 N–H and O–H groups in total. The molecule has 0 aliphatic heterocycles. The van der Waals surface area contributed by atoms with Gasteiger partial charge in [-0.2, -0.15) is 0 Å². The Kier molecular flexibility index (Phi) is 7.91. The number of carbonyl (C=O) groups is 2. The fourth-order valence-corrected chi connectivity index (χ4v) is 6.73. The Morgan fingerprint density at radius 3 is 2.42 bits per heavy atom. The molecule has 4 unspecified atom stereocenters. The second kappa shape index (κ2) is 10.4. The van der Waals surface area contributed by atoms with Crippen LogP contribution in [0.3, 0.4) is 0 Å². The number of carbonyl (C=O) groups excluding carboxylic acids is 2. The molecular weight excluding hydrogens is 447 g/mol. The topological polar surface area (TPSA) is 87.7 Å². The predicted molar refractivity (Wildman–Crippen MR) is 125 cm³/mol. The Balaban J connectivity index is 1.23. The first-order chi connectivity index (χ1) is 15.7. The maximum atomic E-state index is 13.8. The number of ether oxygens (including phenoxy) is 1. The summed E-state index contributed by atoms with van der Waals surface area (Å²) in [6.07, 6.45) is 6.94. The quantitative estimate of drug-likeness (QED) is 0.479. The normalized spacial score (nSPS) is 43.2. The summed E-state index contributed by atoms with van der Waals surface area (Å²) in [6, 6.07) is 0.